The van der Waals surface area contributed by atoms with Gasteiger partial charge >= 0.3 is 5.89 Å². The highest BCUT2D eigenvalue weighted by Gasteiger charge is 2.29. The fraction of sp³-hybridized carbons (Fsp3) is 0.333. The van der Waals surface area contributed by atoms with Crippen LogP contribution in [0.3, 0.4) is 0 Å². The molecule has 0 saturated heterocycles. The molecule has 0 unspecified atom stereocenters. The summed E-state index contributed by atoms with van der Waals surface area (Å²) in [4.78, 5) is 18.0. The summed E-state index contributed by atoms with van der Waals surface area (Å²) < 4.78 is 24.1. The van der Waals surface area contributed by atoms with Crippen molar-refractivity contribution in [1.29, 1.82) is 0 Å². The van der Waals surface area contributed by atoms with Gasteiger partial charge in [0.15, 0.2) is 0 Å². The number of thioether (sulfide) groups is 1. The molecule has 7 nitrogen and oxygen atoms in total. The van der Waals surface area contributed by atoms with Crippen LogP contribution in [0.1, 0.15) is 58.1 Å². The summed E-state index contributed by atoms with van der Waals surface area (Å²) in [6.45, 7) is 16.3. The minimum Gasteiger partial charge on any atom is -0.494 e. The molecule has 1 aliphatic heterocycles. The molecule has 0 amide bonds. The number of hydrogen-bond acceptors (Lipinski definition) is 7. The predicted molar refractivity (Wildman–Crippen MR) is 197 cm³/mol. The zero-order valence-corrected chi connectivity index (χ0v) is 30.3. The van der Waals surface area contributed by atoms with Crippen LogP contribution in [0.25, 0.3) is 22.2 Å². The zero-order chi connectivity index (χ0) is 33.8. The number of para-hydroxylation sites is 2. The first kappa shape index (κ1) is 33.8. The fourth-order valence-electron chi connectivity index (χ4n) is 6.29. The van der Waals surface area contributed by atoms with Crippen molar-refractivity contribution < 1.29 is 18.5 Å². The topological polar surface area (TPSA) is 60.7 Å². The summed E-state index contributed by atoms with van der Waals surface area (Å²) in [6.07, 6.45) is 2.81. The molecular weight excluding hydrogens is 639 g/mol. The zero-order valence-electron chi connectivity index (χ0n) is 28.7. The van der Waals surface area contributed by atoms with Gasteiger partial charge in [-0.25, -0.2) is 0 Å². The lowest BCUT2D eigenvalue weighted by atomic mass is 10.1. The number of ether oxygens (including phenoxy) is 2. The van der Waals surface area contributed by atoms with Crippen LogP contribution in [-0.4, -0.2) is 30.9 Å². The van der Waals surface area contributed by atoms with Crippen molar-refractivity contribution >= 4 is 51.0 Å². The van der Waals surface area contributed by atoms with Gasteiger partial charge in [-0.3, -0.25) is 9.36 Å². The molecule has 5 aromatic rings. The van der Waals surface area contributed by atoms with Crippen molar-refractivity contribution in [1.82, 2.24) is 4.57 Å². The molecule has 0 aliphatic carbocycles. The number of aromatic nitrogens is 2. The molecule has 0 fully saturated rings. The average molecular weight is 683 g/mol. The molecule has 9 heteroatoms. The van der Waals surface area contributed by atoms with Crippen LogP contribution in [0.2, 0.25) is 0 Å². The Kier molecular flexibility index (Phi) is 10.6. The number of hydrogen-bond donors (Lipinski definition) is 0. The Balaban J connectivity index is 1.64. The molecule has 250 valence electrons. The lowest BCUT2D eigenvalue weighted by molar-refractivity contribution is -0.675. The Hall–Kier alpha value is -4.05. The highest BCUT2D eigenvalue weighted by atomic mass is 32.2. The van der Waals surface area contributed by atoms with Crippen LogP contribution in [0.4, 0.5) is 5.69 Å². The number of benzene rings is 3. The van der Waals surface area contributed by atoms with Gasteiger partial charge in [-0.2, -0.15) is 4.57 Å². The van der Waals surface area contributed by atoms with E-state index in [0.29, 0.717) is 37.3 Å². The predicted octanol–water partition coefficient (Wildman–Crippen LogP) is 6.99. The third-order valence-electron chi connectivity index (χ3n) is 8.58. The van der Waals surface area contributed by atoms with Gasteiger partial charge in [0.05, 0.1) is 23.9 Å². The Morgan fingerprint density at radius 1 is 0.958 bits per heavy atom. The van der Waals surface area contributed by atoms with Crippen molar-refractivity contribution in [3.05, 3.63) is 114 Å². The minimum atomic E-state index is -0.000640. The van der Waals surface area contributed by atoms with Crippen LogP contribution >= 0.6 is 23.1 Å². The Morgan fingerprint density at radius 3 is 2.44 bits per heavy atom. The first-order valence-corrected chi connectivity index (χ1v) is 18.5. The molecule has 3 heterocycles. The first-order chi connectivity index (χ1) is 23.4. The van der Waals surface area contributed by atoms with E-state index < -0.39 is 0 Å². The molecule has 3 aromatic carbocycles. The van der Waals surface area contributed by atoms with Gasteiger partial charge < -0.3 is 18.8 Å². The minimum absolute atomic E-state index is 0.000640. The van der Waals surface area contributed by atoms with Crippen molar-refractivity contribution in [3.8, 4) is 5.75 Å². The smallest absolute Gasteiger partial charge is 0.380 e. The average Bonchev–Trinajstić information content (AvgIpc) is 3.75. The van der Waals surface area contributed by atoms with E-state index in [2.05, 4.69) is 66.6 Å². The molecule has 0 bridgehead atoms. The van der Waals surface area contributed by atoms with Crippen molar-refractivity contribution in [2.75, 3.05) is 31.3 Å². The maximum atomic E-state index is 14.5. The molecule has 0 radical (unpaired) electrons. The summed E-state index contributed by atoms with van der Waals surface area (Å²) in [7, 11) is 0. The number of fused-ring (bicyclic) bond motifs is 2. The third kappa shape index (κ3) is 6.39. The quantitative estimate of drug-likeness (QED) is 0.105. The molecule has 6 rings (SSSR count). The number of anilines is 1. The summed E-state index contributed by atoms with van der Waals surface area (Å²) in [5.41, 5.74) is 7.00. The molecule has 48 heavy (non-hydrogen) atoms. The van der Waals surface area contributed by atoms with Crippen LogP contribution in [-0.2, 0) is 17.8 Å². The molecule has 0 N–H and O–H groups in total. The second kappa shape index (κ2) is 15.0. The largest absolute Gasteiger partial charge is 0.494 e. The molecule has 0 saturated carbocycles. The van der Waals surface area contributed by atoms with Gasteiger partial charge in [-0.05, 0) is 70.9 Å². The number of nitrogens with zero attached hydrogens (tertiary/aromatic N) is 3. The number of thiazole rings is 1. The second-order valence-corrected chi connectivity index (χ2v) is 13.5. The molecular formula is C39H44N3O4S2+. The molecule has 2 aromatic heterocycles. The van der Waals surface area contributed by atoms with Crippen LogP contribution < -0.4 is 29.0 Å². The summed E-state index contributed by atoms with van der Waals surface area (Å²) in [6, 6.07) is 22.7. The van der Waals surface area contributed by atoms with E-state index in [1.54, 1.807) is 23.1 Å². The van der Waals surface area contributed by atoms with E-state index in [-0.39, 0.29) is 5.56 Å². The summed E-state index contributed by atoms with van der Waals surface area (Å²) in [5, 5.41) is 1.08. The van der Waals surface area contributed by atoms with E-state index >= 15 is 0 Å². The number of aryl methyl sites for hydroxylation is 2. The monoisotopic (exact) mass is 682 g/mol. The van der Waals surface area contributed by atoms with Gasteiger partial charge in [-0.1, -0.05) is 54.2 Å². The van der Waals surface area contributed by atoms with Gasteiger partial charge in [0, 0.05) is 48.7 Å². The van der Waals surface area contributed by atoms with E-state index in [1.807, 2.05) is 61.7 Å². The standard InChI is InChI=1S/C39H44N3O4S2/c1-7-40-31-25-33(45-11-5)26(6)23-34(31)47-35(40)24-29(27-17-13-12-14-18-27)36-37(43)42(9-3)39(48-36)28(21-22-44-10-4)38-41(8-2)30-19-15-16-20-32(30)46-38/h12-20,23-25H,7-11,21-22H2,1-6H3/q+1. The van der Waals surface area contributed by atoms with Gasteiger partial charge in [0.1, 0.15) is 27.1 Å². The van der Waals surface area contributed by atoms with Gasteiger partial charge in [0.25, 0.3) is 11.1 Å². The van der Waals surface area contributed by atoms with Crippen LogP contribution in [0, 0.1) is 6.92 Å². The maximum Gasteiger partial charge on any atom is 0.380 e. The molecule has 1 aliphatic rings. The summed E-state index contributed by atoms with van der Waals surface area (Å²) >= 11 is 3.29. The molecule has 0 atom stereocenters. The Bertz CT molecular complexity index is 2140. The molecule has 0 spiro atoms. The fourth-order valence-corrected chi connectivity index (χ4v) is 8.85. The van der Waals surface area contributed by atoms with Crippen LogP contribution in [0.15, 0.2) is 91.9 Å². The third-order valence-corrected chi connectivity index (χ3v) is 10.9. The first-order valence-electron chi connectivity index (χ1n) is 16.9. The van der Waals surface area contributed by atoms with E-state index in [0.717, 1.165) is 73.5 Å². The van der Waals surface area contributed by atoms with Crippen molar-refractivity contribution in [2.45, 2.75) is 65.9 Å². The van der Waals surface area contributed by atoms with Crippen molar-refractivity contribution in [2.24, 2.45) is 0 Å². The highest BCUT2D eigenvalue weighted by molar-refractivity contribution is 8.03. The number of rotatable bonds is 12. The number of allylic oxidation sites excluding steroid dienone is 1. The normalized spacial score (nSPS) is 15.0. The van der Waals surface area contributed by atoms with Crippen molar-refractivity contribution in [3.63, 3.8) is 0 Å². The van der Waals surface area contributed by atoms with Crippen LogP contribution in [0.5, 0.6) is 5.75 Å². The maximum absolute atomic E-state index is 14.5. The van der Waals surface area contributed by atoms with E-state index in [4.69, 9.17) is 13.9 Å². The second-order valence-electron chi connectivity index (χ2n) is 11.5. The van der Waals surface area contributed by atoms with Gasteiger partial charge in [0.2, 0.25) is 5.58 Å². The van der Waals surface area contributed by atoms with Gasteiger partial charge in [-0.15, -0.1) is 11.3 Å². The number of oxazole rings is 1. The summed E-state index contributed by atoms with van der Waals surface area (Å²) in [5.74, 6) is 1.68. The van der Waals surface area contributed by atoms with E-state index in [9.17, 15) is 4.79 Å². The Labute approximate surface area is 290 Å². The highest BCUT2D eigenvalue weighted by Crippen LogP contribution is 2.48. The lowest BCUT2D eigenvalue weighted by Gasteiger charge is -2.19. The van der Waals surface area contributed by atoms with E-state index in [1.165, 1.54) is 4.90 Å². The lowest BCUT2D eigenvalue weighted by Crippen LogP contribution is -2.38. The SMILES string of the molecule is CCOCCC(c1oc2ccccc2[n+]1CC)=c1sc(=C(C=C2Sc3cc(C)c(OCC)cc3N2CC)c2ccccc2)c(=O)n1CC. The Morgan fingerprint density at radius 2 is 1.73 bits per heavy atom.